The number of halogens is 1. The van der Waals surface area contributed by atoms with Gasteiger partial charge in [0, 0.05) is 16.1 Å². The third kappa shape index (κ3) is 2.43. The minimum absolute atomic E-state index is 0.429. The fourth-order valence-electron chi connectivity index (χ4n) is 0.847. The van der Waals surface area contributed by atoms with E-state index in [9.17, 15) is 9.59 Å². The molecule has 0 spiro atoms. The zero-order chi connectivity index (χ0) is 9.68. The van der Waals surface area contributed by atoms with Crippen molar-refractivity contribution < 1.29 is 9.59 Å². The number of carbonyl (C=O) groups is 2. The monoisotopic (exact) mass is 192 g/mol. The van der Waals surface area contributed by atoms with Crippen LogP contribution < -0.4 is 0 Å². The lowest BCUT2D eigenvalue weighted by Gasteiger charge is -1.95. The second-order valence-electron chi connectivity index (χ2n) is 2.24. The maximum Gasteiger partial charge on any atom is 0.193 e. The number of carbonyl (C=O) groups excluding carboxylic acids is 2. The first-order chi connectivity index (χ1) is 6.27. The Labute approximate surface area is 80.5 Å². The lowest BCUT2D eigenvalue weighted by Crippen LogP contribution is -1.86. The molecule has 64 valence electrons. The van der Waals surface area contributed by atoms with Gasteiger partial charge in [0.1, 0.15) is 0 Å². The van der Waals surface area contributed by atoms with Crippen molar-refractivity contribution >= 4 is 24.2 Å². The Morgan fingerprint density at radius 1 is 1.31 bits per heavy atom. The van der Waals surface area contributed by atoms with E-state index >= 15 is 0 Å². The molecule has 0 aromatic heterocycles. The third-order valence-corrected chi connectivity index (χ3v) is 1.64. The van der Waals surface area contributed by atoms with Gasteiger partial charge in [0.2, 0.25) is 0 Å². The van der Waals surface area contributed by atoms with Gasteiger partial charge in [0.05, 0.1) is 0 Å². The van der Waals surface area contributed by atoms with Gasteiger partial charge in [-0.25, -0.2) is 0 Å². The summed E-state index contributed by atoms with van der Waals surface area (Å²) in [6.45, 7) is 0. The number of benzene rings is 1. The summed E-state index contributed by atoms with van der Waals surface area (Å²) in [6.07, 6.45) is 1.14. The van der Waals surface area contributed by atoms with Gasteiger partial charge in [0.15, 0.2) is 12.6 Å². The average Bonchev–Trinajstić information content (AvgIpc) is 2.15. The van der Waals surface area contributed by atoms with Crippen LogP contribution in [-0.2, 0) is 4.79 Å². The largest absolute Gasteiger partial charge is 0.298 e. The molecule has 0 fully saturated rings. The Morgan fingerprint density at radius 3 is 2.69 bits per heavy atom. The summed E-state index contributed by atoms with van der Waals surface area (Å²) < 4.78 is 0. The van der Waals surface area contributed by atoms with Gasteiger partial charge >= 0.3 is 0 Å². The molecule has 0 saturated heterocycles. The van der Waals surface area contributed by atoms with Crippen LogP contribution in [0.2, 0.25) is 5.02 Å². The van der Waals surface area contributed by atoms with Gasteiger partial charge < -0.3 is 0 Å². The average molecular weight is 193 g/mol. The van der Waals surface area contributed by atoms with Crippen molar-refractivity contribution in [1.82, 2.24) is 0 Å². The molecule has 1 aromatic rings. The molecule has 0 N–H and O–H groups in total. The van der Waals surface area contributed by atoms with E-state index in [1.807, 2.05) is 0 Å². The van der Waals surface area contributed by atoms with Crippen molar-refractivity contribution in [3.8, 4) is 11.8 Å². The van der Waals surface area contributed by atoms with Gasteiger partial charge in [0.25, 0.3) is 0 Å². The molecule has 0 aliphatic rings. The molecule has 13 heavy (non-hydrogen) atoms. The number of hydrogen-bond donors (Lipinski definition) is 0. The topological polar surface area (TPSA) is 34.1 Å². The Balaban J connectivity index is 3.22. The molecule has 0 atom stereocenters. The molecule has 1 aromatic carbocycles. The molecule has 3 heteroatoms. The van der Waals surface area contributed by atoms with Gasteiger partial charge in [-0.3, -0.25) is 9.59 Å². The first-order valence-corrected chi connectivity index (χ1v) is 3.85. The number of rotatable bonds is 1. The highest BCUT2D eigenvalue weighted by molar-refractivity contribution is 6.30. The Hall–Kier alpha value is -1.59. The molecule has 0 radical (unpaired) electrons. The van der Waals surface area contributed by atoms with E-state index in [0.717, 1.165) is 0 Å². The maximum absolute atomic E-state index is 10.5. The van der Waals surface area contributed by atoms with E-state index in [4.69, 9.17) is 11.6 Å². The number of hydrogen-bond acceptors (Lipinski definition) is 2. The van der Waals surface area contributed by atoms with Crippen LogP contribution in [0.1, 0.15) is 15.9 Å². The summed E-state index contributed by atoms with van der Waals surface area (Å²) in [5.41, 5.74) is 0.897. The first-order valence-electron chi connectivity index (χ1n) is 3.48. The van der Waals surface area contributed by atoms with Crippen molar-refractivity contribution in [3.05, 3.63) is 34.3 Å². The van der Waals surface area contributed by atoms with Crippen LogP contribution >= 0.6 is 11.6 Å². The lowest BCUT2D eigenvalue weighted by atomic mass is 10.1. The van der Waals surface area contributed by atoms with Crippen LogP contribution in [0.3, 0.4) is 0 Å². The molecule has 0 amide bonds. The molecule has 0 saturated carbocycles. The summed E-state index contributed by atoms with van der Waals surface area (Å²) in [5.74, 6) is 4.74. The standard InChI is InChI=1S/C10H5ClO2/c11-10-4-3-9(7-13)8(6-10)2-1-5-12/h3-7H. The minimum Gasteiger partial charge on any atom is -0.298 e. The Morgan fingerprint density at radius 2 is 2.08 bits per heavy atom. The van der Waals surface area contributed by atoms with Crippen LogP contribution in [0.15, 0.2) is 18.2 Å². The highest BCUT2D eigenvalue weighted by atomic mass is 35.5. The van der Waals surface area contributed by atoms with Crippen LogP contribution in [0.5, 0.6) is 0 Å². The quantitative estimate of drug-likeness (QED) is 0.501. The third-order valence-electron chi connectivity index (χ3n) is 1.41. The van der Waals surface area contributed by atoms with Crippen molar-refractivity contribution in [2.24, 2.45) is 0 Å². The summed E-state index contributed by atoms with van der Waals surface area (Å²) >= 11 is 5.68. The second-order valence-corrected chi connectivity index (χ2v) is 2.67. The first kappa shape index (κ1) is 9.50. The lowest BCUT2D eigenvalue weighted by molar-refractivity contribution is -0.103. The van der Waals surface area contributed by atoms with Gasteiger partial charge in [-0.05, 0) is 24.1 Å². The smallest absolute Gasteiger partial charge is 0.193 e. The summed E-state index contributed by atoms with van der Waals surface area (Å²) in [6, 6.07) is 4.70. The number of aldehydes is 2. The molecule has 0 unspecified atom stereocenters. The van der Waals surface area contributed by atoms with E-state index in [-0.39, 0.29) is 0 Å². The van der Waals surface area contributed by atoms with E-state index in [1.165, 1.54) is 0 Å². The van der Waals surface area contributed by atoms with Crippen LogP contribution in [0.25, 0.3) is 0 Å². The predicted molar refractivity (Wildman–Crippen MR) is 49.8 cm³/mol. The summed E-state index contributed by atoms with van der Waals surface area (Å²) in [4.78, 5) is 20.5. The SMILES string of the molecule is O=CC#Cc1cc(Cl)ccc1C=O. The van der Waals surface area contributed by atoms with Crippen molar-refractivity contribution in [1.29, 1.82) is 0 Å². The van der Waals surface area contributed by atoms with Crippen molar-refractivity contribution in [3.63, 3.8) is 0 Å². The normalized spacial score (nSPS) is 8.38. The van der Waals surface area contributed by atoms with Crippen LogP contribution in [-0.4, -0.2) is 12.6 Å². The van der Waals surface area contributed by atoms with Gasteiger partial charge in [-0.2, -0.15) is 0 Å². The van der Waals surface area contributed by atoms with Crippen LogP contribution in [0, 0.1) is 11.8 Å². The molecular formula is C10H5ClO2. The van der Waals surface area contributed by atoms with Crippen LogP contribution in [0.4, 0.5) is 0 Å². The van der Waals surface area contributed by atoms with E-state index in [0.29, 0.717) is 28.7 Å². The Bertz CT molecular complexity index is 399. The van der Waals surface area contributed by atoms with E-state index in [2.05, 4.69) is 11.8 Å². The highest BCUT2D eigenvalue weighted by Gasteiger charge is 1.98. The minimum atomic E-state index is 0.429. The highest BCUT2D eigenvalue weighted by Crippen LogP contribution is 2.13. The van der Waals surface area contributed by atoms with Gasteiger partial charge in [-0.1, -0.05) is 17.5 Å². The molecule has 1 rings (SSSR count). The van der Waals surface area contributed by atoms with Crippen molar-refractivity contribution in [2.45, 2.75) is 0 Å². The maximum atomic E-state index is 10.5. The van der Waals surface area contributed by atoms with Crippen molar-refractivity contribution in [2.75, 3.05) is 0 Å². The molecule has 0 aliphatic carbocycles. The summed E-state index contributed by atoms with van der Waals surface area (Å²) in [7, 11) is 0. The molecule has 0 aliphatic heterocycles. The zero-order valence-electron chi connectivity index (χ0n) is 6.58. The Kier molecular flexibility index (Phi) is 3.24. The molecule has 0 heterocycles. The fraction of sp³-hybridized carbons (Fsp3) is 0. The molecule has 0 bridgehead atoms. The molecule has 2 nitrogen and oxygen atoms in total. The zero-order valence-corrected chi connectivity index (χ0v) is 7.34. The predicted octanol–water partition coefficient (Wildman–Crippen LogP) is 1.70. The fourth-order valence-corrected chi connectivity index (χ4v) is 1.02. The molecular weight excluding hydrogens is 188 g/mol. The second kappa shape index (κ2) is 4.44. The summed E-state index contributed by atoms with van der Waals surface area (Å²) in [5, 5.41) is 0.487. The van der Waals surface area contributed by atoms with E-state index < -0.39 is 0 Å². The van der Waals surface area contributed by atoms with E-state index in [1.54, 1.807) is 18.2 Å². The van der Waals surface area contributed by atoms with Gasteiger partial charge in [-0.15, -0.1) is 0 Å².